The molecule has 0 bridgehead atoms. The van der Waals surface area contributed by atoms with Crippen LogP contribution >= 0.6 is 0 Å². The Morgan fingerprint density at radius 2 is 2.24 bits per heavy atom. The SMILES string of the molecule is CCC(CNC(=O)N1CCC(C)C1)CC(=O)O. The van der Waals surface area contributed by atoms with Crippen LogP contribution in [-0.2, 0) is 4.79 Å². The van der Waals surface area contributed by atoms with Crippen molar-refractivity contribution < 1.29 is 14.7 Å². The van der Waals surface area contributed by atoms with Gasteiger partial charge >= 0.3 is 12.0 Å². The average molecular weight is 242 g/mol. The summed E-state index contributed by atoms with van der Waals surface area (Å²) in [6.45, 7) is 6.14. The normalized spacial score (nSPS) is 21.3. The number of carboxylic acid groups (broad SMARTS) is 1. The van der Waals surface area contributed by atoms with Gasteiger partial charge in [0.15, 0.2) is 0 Å². The second kappa shape index (κ2) is 6.47. The van der Waals surface area contributed by atoms with E-state index in [2.05, 4.69) is 12.2 Å². The number of nitrogens with zero attached hydrogens (tertiary/aromatic N) is 1. The zero-order valence-electron chi connectivity index (χ0n) is 10.6. The molecule has 0 aliphatic carbocycles. The van der Waals surface area contributed by atoms with Crippen LogP contribution in [0.4, 0.5) is 4.79 Å². The first-order valence-electron chi connectivity index (χ1n) is 6.27. The van der Waals surface area contributed by atoms with Crippen molar-refractivity contribution in [1.29, 1.82) is 0 Å². The third-order valence-electron chi connectivity index (χ3n) is 3.29. The summed E-state index contributed by atoms with van der Waals surface area (Å²) in [5.41, 5.74) is 0. The standard InChI is InChI=1S/C12H22N2O3/c1-3-10(6-11(15)16)7-13-12(17)14-5-4-9(2)8-14/h9-10H,3-8H2,1-2H3,(H,13,17)(H,15,16). The molecule has 1 fully saturated rings. The largest absolute Gasteiger partial charge is 0.481 e. The number of hydrogen-bond donors (Lipinski definition) is 2. The van der Waals surface area contributed by atoms with E-state index in [0.717, 1.165) is 25.9 Å². The molecule has 5 heteroatoms. The van der Waals surface area contributed by atoms with Crippen LogP contribution < -0.4 is 5.32 Å². The van der Waals surface area contributed by atoms with Gasteiger partial charge in [0.05, 0.1) is 0 Å². The summed E-state index contributed by atoms with van der Waals surface area (Å²) in [5, 5.41) is 11.5. The van der Waals surface area contributed by atoms with Crippen LogP contribution in [0.2, 0.25) is 0 Å². The highest BCUT2D eigenvalue weighted by molar-refractivity contribution is 5.74. The van der Waals surface area contributed by atoms with Crippen molar-refractivity contribution in [3.63, 3.8) is 0 Å². The summed E-state index contributed by atoms with van der Waals surface area (Å²) in [6.07, 6.45) is 1.94. The number of rotatable bonds is 5. The molecule has 1 saturated heterocycles. The summed E-state index contributed by atoms with van der Waals surface area (Å²) in [5.74, 6) is -0.209. The number of carbonyl (C=O) groups is 2. The first-order valence-corrected chi connectivity index (χ1v) is 6.27. The maximum Gasteiger partial charge on any atom is 0.317 e. The molecule has 0 radical (unpaired) electrons. The quantitative estimate of drug-likeness (QED) is 0.768. The van der Waals surface area contributed by atoms with Crippen LogP contribution in [0.5, 0.6) is 0 Å². The fraction of sp³-hybridized carbons (Fsp3) is 0.833. The Kier molecular flexibility index (Phi) is 5.25. The lowest BCUT2D eigenvalue weighted by atomic mass is 10.0. The zero-order valence-corrected chi connectivity index (χ0v) is 10.6. The second-order valence-electron chi connectivity index (χ2n) is 4.90. The van der Waals surface area contributed by atoms with E-state index in [1.54, 1.807) is 4.90 Å². The lowest BCUT2D eigenvalue weighted by Gasteiger charge is -2.19. The summed E-state index contributed by atoms with van der Waals surface area (Å²) in [4.78, 5) is 24.2. The molecule has 2 amide bonds. The van der Waals surface area contributed by atoms with Crippen molar-refractivity contribution in [2.75, 3.05) is 19.6 Å². The first-order chi connectivity index (χ1) is 8.02. The van der Waals surface area contributed by atoms with E-state index in [9.17, 15) is 9.59 Å². The van der Waals surface area contributed by atoms with Gasteiger partial charge in [-0.1, -0.05) is 20.3 Å². The molecule has 1 aliphatic heterocycles. The fourth-order valence-electron chi connectivity index (χ4n) is 2.07. The van der Waals surface area contributed by atoms with Gasteiger partial charge in [-0.15, -0.1) is 0 Å². The minimum absolute atomic E-state index is 0.0245. The van der Waals surface area contributed by atoms with Crippen molar-refractivity contribution in [2.45, 2.75) is 33.1 Å². The molecular formula is C12H22N2O3. The summed E-state index contributed by atoms with van der Waals surface area (Å²) >= 11 is 0. The fourth-order valence-corrected chi connectivity index (χ4v) is 2.07. The van der Waals surface area contributed by atoms with Crippen molar-refractivity contribution in [3.05, 3.63) is 0 Å². The number of carboxylic acids is 1. The van der Waals surface area contributed by atoms with Crippen LogP contribution in [0.25, 0.3) is 0 Å². The molecular weight excluding hydrogens is 220 g/mol. The molecule has 98 valence electrons. The monoisotopic (exact) mass is 242 g/mol. The molecule has 0 aromatic heterocycles. The summed E-state index contributed by atoms with van der Waals surface area (Å²) in [7, 11) is 0. The van der Waals surface area contributed by atoms with Gasteiger partial charge in [0.25, 0.3) is 0 Å². The molecule has 17 heavy (non-hydrogen) atoms. The lowest BCUT2D eigenvalue weighted by Crippen LogP contribution is -2.40. The zero-order chi connectivity index (χ0) is 12.8. The highest BCUT2D eigenvalue weighted by atomic mass is 16.4. The Hall–Kier alpha value is -1.26. The van der Waals surface area contributed by atoms with E-state index in [0.29, 0.717) is 12.5 Å². The molecule has 1 aliphatic rings. The molecule has 2 atom stereocenters. The summed E-state index contributed by atoms with van der Waals surface area (Å²) < 4.78 is 0. The number of amides is 2. The van der Waals surface area contributed by atoms with E-state index < -0.39 is 5.97 Å². The van der Waals surface area contributed by atoms with Crippen LogP contribution in [0.15, 0.2) is 0 Å². The van der Waals surface area contributed by atoms with Crippen LogP contribution in [-0.4, -0.2) is 41.6 Å². The minimum atomic E-state index is -0.805. The number of hydrogen-bond acceptors (Lipinski definition) is 2. The second-order valence-corrected chi connectivity index (χ2v) is 4.90. The third kappa shape index (κ3) is 4.63. The van der Waals surface area contributed by atoms with E-state index in [1.165, 1.54) is 0 Å². The molecule has 0 aromatic carbocycles. The highest BCUT2D eigenvalue weighted by Gasteiger charge is 2.23. The van der Waals surface area contributed by atoms with Crippen molar-refractivity contribution in [1.82, 2.24) is 10.2 Å². The van der Waals surface area contributed by atoms with E-state index in [1.807, 2.05) is 6.92 Å². The highest BCUT2D eigenvalue weighted by Crippen LogP contribution is 2.15. The molecule has 2 unspecified atom stereocenters. The van der Waals surface area contributed by atoms with Gasteiger partial charge in [0.2, 0.25) is 0 Å². The molecule has 2 N–H and O–H groups in total. The van der Waals surface area contributed by atoms with Crippen molar-refractivity contribution >= 4 is 12.0 Å². The average Bonchev–Trinajstić information content (AvgIpc) is 2.70. The molecule has 5 nitrogen and oxygen atoms in total. The van der Waals surface area contributed by atoms with Gasteiger partial charge in [-0.3, -0.25) is 4.79 Å². The minimum Gasteiger partial charge on any atom is -0.481 e. The molecule has 0 aromatic rings. The smallest absolute Gasteiger partial charge is 0.317 e. The van der Waals surface area contributed by atoms with E-state index in [4.69, 9.17) is 5.11 Å². The number of carbonyl (C=O) groups excluding carboxylic acids is 1. The Balaban J connectivity index is 2.28. The maximum absolute atomic E-state index is 11.8. The number of nitrogens with one attached hydrogen (secondary N) is 1. The van der Waals surface area contributed by atoms with Crippen molar-refractivity contribution in [3.8, 4) is 0 Å². The molecule has 0 spiro atoms. The number of likely N-dealkylation sites (tertiary alicyclic amines) is 1. The maximum atomic E-state index is 11.8. The lowest BCUT2D eigenvalue weighted by molar-refractivity contribution is -0.138. The third-order valence-corrected chi connectivity index (χ3v) is 3.29. The van der Waals surface area contributed by atoms with E-state index >= 15 is 0 Å². The molecule has 0 saturated carbocycles. The van der Waals surface area contributed by atoms with Gasteiger partial charge < -0.3 is 15.3 Å². The van der Waals surface area contributed by atoms with Gasteiger partial charge in [-0.05, 0) is 18.3 Å². The molecule has 1 heterocycles. The molecule has 1 rings (SSSR count). The number of urea groups is 1. The van der Waals surface area contributed by atoms with Gasteiger partial charge in [-0.2, -0.15) is 0 Å². The van der Waals surface area contributed by atoms with Crippen molar-refractivity contribution in [2.24, 2.45) is 11.8 Å². The predicted octanol–water partition coefficient (Wildman–Crippen LogP) is 1.54. The Bertz CT molecular complexity index is 281. The topological polar surface area (TPSA) is 69.6 Å². The Morgan fingerprint density at radius 3 is 2.71 bits per heavy atom. The first kappa shape index (κ1) is 13.8. The van der Waals surface area contributed by atoms with Gasteiger partial charge in [0, 0.05) is 26.1 Å². The van der Waals surface area contributed by atoms with Gasteiger partial charge in [-0.25, -0.2) is 4.79 Å². The Morgan fingerprint density at radius 1 is 1.53 bits per heavy atom. The Labute approximate surface area is 102 Å². The van der Waals surface area contributed by atoms with E-state index in [-0.39, 0.29) is 18.4 Å². The van der Waals surface area contributed by atoms with Crippen LogP contribution in [0.1, 0.15) is 33.1 Å². The van der Waals surface area contributed by atoms with Crippen LogP contribution in [0, 0.1) is 11.8 Å². The predicted molar refractivity (Wildman–Crippen MR) is 64.8 cm³/mol. The van der Waals surface area contributed by atoms with Crippen LogP contribution in [0.3, 0.4) is 0 Å². The summed E-state index contributed by atoms with van der Waals surface area (Å²) in [6, 6.07) is -0.0572. The van der Waals surface area contributed by atoms with Gasteiger partial charge in [0.1, 0.15) is 0 Å². The number of aliphatic carboxylic acids is 1.